The Balaban J connectivity index is 2.14. The topological polar surface area (TPSA) is 46.0 Å². The van der Waals surface area contributed by atoms with Crippen LogP contribution in [0.15, 0.2) is 30.3 Å². The molecule has 0 fully saturated rings. The molecule has 0 radical (unpaired) electrons. The van der Waals surface area contributed by atoms with E-state index in [1.165, 1.54) is 5.56 Å². The summed E-state index contributed by atoms with van der Waals surface area (Å²) in [6, 6.07) is 10.4. The molecule has 1 aromatic heterocycles. The highest BCUT2D eigenvalue weighted by Crippen LogP contribution is 2.22. The summed E-state index contributed by atoms with van der Waals surface area (Å²) in [6.07, 6.45) is 0.0683. The third kappa shape index (κ3) is 3.42. The lowest BCUT2D eigenvalue weighted by molar-refractivity contribution is 0.177. The molecule has 2 rings (SSSR count). The molecule has 1 unspecified atom stereocenters. The van der Waals surface area contributed by atoms with Crippen LogP contribution in [0.3, 0.4) is 0 Å². The highest BCUT2D eigenvalue weighted by atomic mass is 16.3. The molecule has 20 heavy (non-hydrogen) atoms. The van der Waals surface area contributed by atoms with Gasteiger partial charge in [-0.05, 0) is 37.0 Å². The van der Waals surface area contributed by atoms with Crippen LogP contribution in [-0.4, -0.2) is 15.3 Å². The van der Waals surface area contributed by atoms with Crippen molar-refractivity contribution in [2.75, 3.05) is 0 Å². The Kier molecular flexibility index (Phi) is 4.50. The minimum atomic E-state index is -0.533. The molecular weight excluding hydrogens is 248 g/mol. The highest BCUT2D eigenvalue weighted by Gasteiger charge is 2.13. The molecule has 1 aromatic carbocycles. The summed E-state index contributed by atoms with van der Waals surface area (Å²) < 4.78 is 0. The van der Waals surface area contributed by atoms with E-state index in [1.807, 2.05) is 19.9 Å². The van der Waals surface area contributed by atoms with Gasteiger partial charge in [0, 0.05) is 12.0 Å². The largest absolute Gasteiger partial charge is 0.388 e. The van der Waals surface area contributed by atoms with Crippen LogP contribution >= 0.6 is 0 Å². The fourth-order valence-electron chi connectivity index (χ4n) is 2.28. The minimum absolute atomic E-state index is 0.531. The number of nitrogens with zero attached hydrogens (tertiary/aromatic N) is 2. The second kappa shape index (κ2) is 6.14. The molecule has 0 aliphatic carbocycles. The summed E-state index contributed by atoms with van der Waals surface area (Å²) in [6.45, 7) is 8.13. The average Bonchev–Trinajstić information content (AvgIpc) is 2.42. The molecule has 3 heteroatoms. The predicted octanol–water partition coefficient (Wildman–Crippen LogP) is 3.49. The van der Waals surface area contributed by atoms with Crippen molar-refractivity contribution in [3.05, 3.63) is 58.4 Å². The van der Waals surface area contributed by atoms with Crippen molar-refractivity contribution in [2.24, 2.45) is 0 Å². The van der Waals surface area contributed by atoms with Crippen LogP contribution in [0.4, 0.5) is 0 Å². The van der Waals surface area contributed by atoms with Gasteiger partial charge in [-0.3, -0.25) is 0 Å². The second-order valence-electron chi connectivity index (χ2n) is 5.64. The molecule has 0 saturated carbocycles. The molecule has 1 atom stereocenters. The Morgan fingerprint density at radius 3 is 2.30 bits per heavy atom. The van der Waals surface area contributed by atoms with Crippen molar-refractivity contribution in [1.82, 2.24) is 10.2 Å². The number of hydrogen-bond acceptors (Lipinski definition) is 3. The van der Waals surface area contributed by atoms with Gasteiger partial charge in [0.1, 0.15) is 0 Å². The zero-order valence-corrected chi connectivity index (χ0v) is 12.6. The van der Waals surface area contributed by atoms with E-state index in [1.54, 1.807) is 0 Å². The number of rotatable bonds is 4. The van der Waals surface area contributed by atoms with Crippen LogP contribution in [0.25, 0.3) is 0 Å². The van der Waals surface area contributed by atoms with Crippen LogP contribution in [0.1, 0.15) is 53.9 Å². The smallest absolute Gasteiger partial charge is 0.0849 e. The zero-order valence-electron chi connectivity index (χ0n) is 12.6. The Labute approximate surface area is 120 Å². The van der Waals surface area contributed by atoms with E-state index in [0.29, 0.717) is 12.3 Å². The van der Waals surface area contributed by atoms with E-state index in [-0.39, 0.29) is 0 Å². The number of benzene rings is 1. The summed E-state index contributed by atoms with van der Waals surface area (Å²) in [7, 11) is 0. The third-order valence-corrected chi connectivity index (χ3v) is 3.57. The highest BCUT2D eigenvalue weighted by molar-refractivity contribution is 5.28. The molecule has 1 N–H and O–H groups in total. The molecule has 1 heterocycles. The lowest BCUT2D eigenvalue weighted by atomic mass is 9.97. The van der Waals surface area contributed by atoms with E-state index in [9.17, 15) is 5.11 Å². The Morgan fingerprint density at radius 1 is 1.05 bits per heavy atom. The summed E-state index contributed by atoms with van der Waals surface area (Å²) in [5.41, 5.74) is 4.95. The van der Waals surface area contributed by atoms with E-state index < -0.39 is 6.10 Å². The number of aliphatic hydroxyl groups excluding tert-OH is 1. The maximum absolute atomic E-state index is 10.4. The lowest BCUT2D eigenvalue weighted by Crippen LogP contribution is -2.07. The fourth-order valence-corrected chi connectivity index (χ4v) is 2.28. The molecule has 106 valence electrons. The van der Waals surface area contributed by atoms with Gasteiger partial charge in [-0.25, -0.2) is 0 Å². The maximum atomic E-state index is 10.4. The van der Waals surface area contributed by atoms with Crippen LogP contribution < -0.4 is 0 Å². The second-order valence-corrected chi connectivity index (χ2v) is 5.64. The standard InChI is InChI=1S/C17H22N2O/c1-11(2)15-7-5-14(6-8-15)10-17(20)16-9-12(3)18-19-13(16)4/h5-9,11,17,20H,10H2,1-4H3. The summed E-state index contributed by atoms with van der Waals surface area (Å²) in [4.78, 5) is 0. The molecule has 0 amide bonds. The minimum Gasteiger partial charge on any atom is -0.388 e. The number of aliphatic hydroxyl groups is 1. The maximum Gasteiger partial charge on any atom is 0.0849 e. The van der Waals surface area contributed by atoms with Gasteiger partial charge in [-0.1, -0.05) is 38.1 Å². The first-order chi connectivity index (χ1) is 9.47. The zero-order chi connectivity index (χ0) is 14.7. The Hall–Kier alpha value is -1.74. The molecule has 0 spiro atoms. The van der Waals surface area contributed by atoms with E-state index >= 15 is 0 Å². The van der Waals surface area contributed by atoms with Gasteiger partial charge < -0.3 is 5.11 Å². The molecule has 0 bridgehead atoms. The van der Waals surface area contributed by atoms with Crippen molar-refractivity contribution >= 4 is 0 Å². The Bertz CT molecular complexity index is 576. The van der Waals surface area contributed by atoms with Crippen LogP contribution in [0, 0.1) is 13.8 Å². The first kappa shape index (κ1) is 14.7. The SMILES string of the molecule is Cc1cc(C(O)Cc2ccc(C(C)C)cc2)c(C)nn1. The van der Waals surface area contributed by atoms with Crippen molar-refractivity contribution < 1.29 is 5.11 Å². The van der Waals surface area contributed by atoms with Crippen LogP contribution in [-0.2, 0) is 6.42 Å². The monoisotopic (exact) mass is 270 g/mol. The molecule has 3 nitrogen and oxygen atoms in total. The average molecular weight is 270 g/mol. The van der Waals surface area contributed by atoms with E-state index in [0.717, 1.165) is 22.5 Å². The Morgan fingerprint density at radius 2 is 1.70 bits per heavy atom. The normalized spacial score (nSPS) is 12.7. The van der Waals surface area contributed by atoms with Crippen LogP contribution in [0.2, 0.25) is 0 Å². The summed E-state index contributed by atoms with van der Waals surface area (Å²) in [5.74, 6) is 0.531. The third-order valence-electron chi connectivity index (χ3n) is 3.57. The summed E-state index contributed by atoms with van der Waals surface area (Å²) in [5, 5.41) is 18.5. The van der Waals surface area contributed by atoms with Gasteiger partial charge in [-0.15, -0.1) is 0 Å². The molecule has 0 saturated heterocycles. The van der Waals surface area contributed by atoms with Gasteiger partial charge in [0.2, 0.25) is 0 Å². The van der Waals surface area contributed by atoms with E-state index in [2.05, 4.69) is 48.3 Å². The predicted molar refractivity (Wildman–Crippen MR) is 80.7 cm³/mol. The quantitative estimate of drug-likeness (QED) is 0.925. The van der Waals surface area contributed by atoms with Crippen molar-refractivity contribution in [3.8, 4) is 0 Å². The first-order valence-corrected chi connectivity index (χ1v) is 7.05. The molecule has 2 aromatic rings. The number of aryl methyl sites for hydroxylation is 2. The fraction of sp³-hybridized carbons (Fsp3) is 0.412. The van der Waals surface area contributed by atoms with Crippen molar-refractivity contribution in [3.63, 3.8) is 0 Å². The number of hydrogen-bond donors (Lipinski definition) is 1. The van der Waals surface area contributed by atoms with Gasteiger partial charge in [0.25, 0.3) is 0 Å². The summed E-state index contributed by atoms with van der Waals surface area (Å²) >= 11 is 0. The molecular formula is C17H22N2O. The lowest BCUT2D eigenvalue weighted by Gasteiger charge is -2.14. The van der Waals surface area contributed by atoms with E-state index in [4.69, 9.17) is 0 Å². The van der Waals surface area contributed by atoms with Gasteiger partial charge in [0.05, 0.1) is 17.5 Å². The van der Waals surface area contributed by atoms with Crippen molar-refractivity contribution in [2.45, 2.75) is 46.1 Å². The van der Waals surface area contributed by atoms with Crippen molar-refractivity contribution in [1.29, 1.82) is 0 Å². The van der Waals surface area contributed by atoms with Crippen LogP contribution in [0.5, 0.6) is 0 Å². The van der Waals surface area contributed by atoms with Gasteiger partial charge in [-0.2, -0.15) is 10.2 Å². The first-order valence-electron chi connectivity index (χ1n) is 7.05. The molecule has 0 aliphatic heterocycles. The van der Waals surface area contributed by atoms with Gasteiger partial charge >= 0.3 is 0 Å². The number of aromatic nitrogens is 2. The molecule has 0 aliphatic rings. The van der Waals surface area contributed by atoms with Gasteiger partial charge in [0.15, 0.2) is 0 Å².